The average Bonchev–Trinajstić information content (AvgIpc) is 2.90. The zero-order valence-corrected chi connectivity index (χ0v) is 14.2. The van der Waals surface area contributed by atoms with Gasteiger partial charge in [0.05, 0.1) is 9.48 Å². The first-order chi connectivity index (χ1) is 8.95. The van der Waals surface area contributed by atoms with Crippen molar-refractivity contribution >= 4 is 27.3 Å². The molecule has 19 heavy (non-hydrogen) atoms. The van der Waals surface area contributed by atoms with Gasteiger partial charge < -0.3 is 5.73 Å². The van der Waals surface area contributed by atoms with Gasteiger partial charge in [0.1, 0.15) is 6.04 Å². The Hall–Kier alpha value is -0.650. The van der Waals surface area contributed by atoms with Crippen molar-refractivity contribution in [3.63, 3.8) is 0 Å². The van der Waals surface area contributed by atoms with E-state index < -0.39 is 0 Å². The van der Waals surface area contributed by atoms with Crippen LogP contribution in [0.25, 0.3) is 0 Å². The minimum atomic E-state index is 0.0722. The van der Waals surface area contributed by atoms with Gasteiger partial charge in [0, 0.05) is 16.6 Å². The van der Waals surface area contributed by atoms with Crippen LogP contribution in [0.15, 0.2) is 15.9 Å². The van der Waals surface area contributed by atoms with Crippen LogP contribution in [0, 0.1) is 20.8 Å². The lowest BCUT2D eigenvalue weighted by atomic mass is 10.0. The third-order valence-corrected chi connectivity index (χ3v) is 5.41. The van der Waals surface area contributed by atoms with Gasteiger partial charge in [-0.25, -0.2) is 0 Å². The van der Waals surface area contributed by atoms with E-state index >= 15 is 0 Å². The van der Waals surface area contributed by atoms with E-state index in [1.54, 1.807) is 11.3 Å². The van der Waals surface area contributed by atoms with Crippen molar-refractivity contribution < 1.29 is 0 Å². The molecule has 0 aromatic carbocycles. The molecule has 2 unspecified atom stereocenters. The average molecular weight is 342 g/mol. The van der Waals surface area contributed by atoms with Gasteiger partial charge >= 0.3 is 0 Å². The normalized spacial score (nSPS) is 14.6. The summed E-state index contributed by atoms with van der Waals surface area (Å²) in [6.07, 6.45) is 0.928. The van der Waals surface area contributed by atoms with Gasteiger partial charge in [0.2, 0.25) is 0 Å². The topological polar surface area (TPSA) is 43.8 Å². The van der Waals surface area contributed by atoms with E-state index in [9.17, 15) is 0 Å². The molecule has 0 aliphatic rings. The van der Waals surface area contributed by atoms with Crippen molar-refractivity contribution in [1.29, 1.82) is 0 Å². The summed E-state index contributed by atoms with van der Waals surface area (Å²) in [6.45, 7) is 8.41. The van der Waals surface area contributed by atoms with Crippen LogP contribution in [0.1, 0.15) is 41.2 Å². The minimum Gasteiger partial charge on any atom is -0.326 e. The maximum Gasteiger partial charge on any atom is 0.101 e. The Morgan fingerprint density at radius 2 is 2.05 bits per heavy atom. The molecule has 0 fully saturated rings. The molecule has 0 aliphatic carbocycles. The number of nitrogens with two attached hydrogens (primary N) is 1. The van der Waals surface area contributed by atoms with Crippen molar-refractivity contribution in [3.05, 3.63) is 37.7 Å². The maximum absolute atomic E-state index is 6.35. The fraction of sp³-hybridized carbons (Fsp3) is 0.500. The molecule has 2 heterocycles. The second-order valence-corrected chi connectivity index (χ2v) is 7.39. The third-order valence-electron chi connectivity index (χ3n) is 3.71. The Kier molecular flexibility index (Phi) is 4.48. The van der Waals surface area contributed by atoms with Crippen LogP contribution >= 0.6 is 27.3 Å². The number of hydrogen-bond acceptors (Lipinski definition) is 3. The highest BCUT2D eigenvalue weighted by molar-refractivity contribution is 9.11. The van der Waals surface area contributed by atoms with Gasteiger partial charge in [0.15, 0.2) is 0 Å². The van der Waals surface area contributed by atoms with E-state index in [1.807, 2.05) is 0 Å². The Morgan fingerprint density at radius 3 is 2.47 bits per heavy atom. The molecular weight excluding hydrogens is 322 g/mol. The molecule has 0 radical (unpaired) electrons. The first-order valence-electron chi connectivity index (χ1n) is 6.48. The van der Waals surface area contributed by atoms with Gasteiger partial charge in [-0.3, -0.25) is 4.68 Å². The fourth-order valence-corrected chi connectivity index (χ4v) is 3.83. The molecule has 0 saturated carbocycles. The lowest BCUT2D eigenvalue weighted by molar-refractivity contribution is 0.421. The number of aryl methyl sites for hydroxylation is 1. The second kappa shape index (κ2) is 5.77. The molecular formula is C14H20BrN3S. The van der Waals surface area contributed by atoms with Gasteiger partial charge in [-0.2, -0.15) is 5.10 Å². The zero-order valence-electron chi connectivity index (χ0n) is 11.8. The monoisotopic (exact) mass is 341 g/mol. The van der Waals surface area contributed by atoms with E-state index in [-0.39, 0.29) is 12.1 Å². The standard InChI is InChI=1S/C14H20BrN3S/c1-5-11(16)14(12-6-7-13(15)19-12)18-10(4)8(2)9(3)17-18/h6-7,11,14H,5,16H2,1-4H3. The Bertz CT molecular complexity index is 573. The number of rotatable bonds is 4. The van der Waals surface area contributed by atoms with Gasteiger partial charge in [-0.15, -0.1) is 11.3 Å². The summed E-state index contributed by atoms with van der Waals surface area (Å²) in [7, 11) is 0. The highest BCUT2D eigenvalue weighted by Gasteiger charge is 2.25. The highest BCUT2D eigenvalue weighted by atomic mass is 79.9. The molecule has 0 spiro atoms. The van der Waals surface area contributed by atoms with Crippen molar-refractivity contribution in [1.82, 2.24) is 9.78 Å². The zero-order chi connectivity index (χ0) is 14.2. The smallest absolute Gasteiger partial charge is 0.101 e. The summed E-state index contributed by atoms with van der Waals surface area (Å²) in [5, 5.41) is 4.69. The fourth-order valence-electron chi connectivity index (χ4n) is 2.24. The Balaban J connectivity index is 2.52. The molecule has 2 rings (SSSR count). The summed E-state index contributed by atoms with van der Waals surface area (Å²) in [4.78, 5) is 1.26. The predicted molar refractivity (Wildman–Crippen MR) is 84.9 cm³/mol. The van der Waals surface area contributed by atoms with Crippen LogP contribution < -0.4 is 5.73 Å². The summed E-state index contributed by atoms with van der Waals surface area (Å²) < 4.78 is 3.23. The van der Waals surface area contributed by atoms with Crippen molar-refractivity contribution in [3.8, 4) is 0 Å². The summed E-state index contributed by atoms with van der Waals surface area (Å²) in [6, 6.07) is 4.41. The number of halogens is 1. The van der Waals surface area contributed by atoms with Crippen molar-refractivity contribution in [2.45, 2.75) is 46.2 Å². The first-order valence-corrected chi connectivity index (χ1v) is 8.09. The van der Waals surface area contributed by atoms with E-state index in [0.29, 0.717) is 0 Å². The maximum atomic E-state index is 6.35. The first kappa shape index (κ1) is 14.8. The molecule has 2 aromatic heterocycles. The van der Waals surface area contributed by atoms with Crippen molar-refractivity contribution in [2.24, 2.45) is 5.73 Å². The Morgan fingerprint density at radius 1 is 1.37 bits per heavy atom. The van der Waals surface area contributed by atoms with E-state index in [2.05, 4.69) is 60.4 Å². The highest BCUT2D eigenvalue weighted by Crippen LogP contribution is 2.33. The number of thiophene rings is 1. The van der Waals surface area contributed by atoms with Gasteiger partial charge in [-0.1, -0.05) is 6.92 Å². The van der Waals surface area contributed by atoms with Crippen LogP contribution in [0.2, 0.25) is 0 Å². The SMILES string of the molecule is CCC(N)C(c1ccc(Br)s1)n1nc(C)c(C)c1C. The van der Waals surface area contributed by atoms with Crippen LogP contribution in [-0.2, 0) is 0 Å². The lowest BCUT2D eigenvalue weighted by Crippen LogP contribution is -2.33. The quantitative estimate of drug-likeness (QED) is 0.914. The third kappa shape index (κ3) is 2.78. The molecule has 2 aromatic rings. The van der Waals surface area contributed by atoms with Gasteiger partial charge in [0.25, 0.3) is 0 Å². The van der Waals surface area contributed by atoms with E-state index in [4.69, 9.17) is 10.8 Å². The van der Waals surface area contributed by atoms with Crippen LogP contribution in [-0.4, -0.2) is 15.8 Å². The van der Waals surface area contributed by atoms with Crippen LogP contribution in [0.4, 0.5) is 0 Å². The van der Waals surface area contributed by atoms with Crippen molar-refractivity contribution in [2.75, 3.05) is 0 Å². The molecule has 0 amide bonds. The molecule has 0 saturated heterocycles. The van der Waals surface area contributed by atoms with Crippen LogP contribution in [0.3, 0.4) is 0 Å². The second-order valence-electron chi connectivity index (χ2n) is 4.90. The molecule has 5 heteroatoms. The Labute approximate surface area is 126 Å². The summed E-state index contributed by atoms with van der Waals surface area (Å²) in [5.41, 5.74) is 9.89. The number of hydrogen-bond donors (Lipinski definition) is 1. The minimum absolute atomic E-state index is 0.0722. The lowest BCUT2D eigenvalue weighted by Gasteiger charge is -2.24. The molecule has 2 atom stereocenters. The molecule has 3 nitrogen and oxygen atoms in total. The number of nitrogens with zero attached hydrogens (tertiary/aromatic N) is 2. The molecule has 0 aliphatic heterocycles. The summed E-state index contributed by atoms with van der Waals surface area (Å²) >= 11 is 5.26. The van der Waals surface area contributed by atoms with Crippen LogP contribution in [0.5, 0.6) is 0 Å². The largest absolute Gasteiger partial charge is 0.326 e. The number of aromatic nitrogens is 2. The molecule has 0 bridgehead atoms. The molecule has 2 N–H and O–H groups in total. The summed E-state index contributed by atoms with van der Waals surface area (Å²) in [5.74, 6) is 0. The van der Waals surface area contributed by atoms with E-state index in [0.717, 1.165) is 15.9 Å². The van der Waals surface area contributed by atoms with E-state index in [1.165, 1.54) is 16.1 Å². The predicted octanol–water partition coefficient (Wildman–Crippen LogP) is 3.96. The molecule has 104 valence electrons. The van der Waals surface area contributed by atoms with Gasteiger partial charge in [-0.05, 0) is 60.8 Å².